The normalized spacial score (nSPS) is 16.1. The van der Waals surface area contributed by atoms with Gasteiger partial charge < -0.3 is 5.32 Å². The maximum Gasteiger partial charge on any atom is 0.256 e. The van der Waals surface area contributed by atoms with Crippen LogP contribution in [0.3, 0.4) is 0 Å². The maximum atomic E-state index is 11.8. The highest BCUT2D eigenvalue weighted by Crippen LogP contribution is 2.25. The number of hydrogen-bond acceptors (Lipinski definition) is 3. The molecule has 2 rings (SSSR count). The number of amides is 1. The van der Waals surface area contributed by atoms with Crippen LogP contribution in [0.15, 0.2) is 17.3 Å². The number of carbonyl (C=O) groups excluding carboxylic acids is 1. The highest BCUT2D eigenvalue weighted by atomic mass is 16.1. The van der Waals surface area contributed by atoms with E-state index < -0.39 is 0 Å². The molecule has 1 aromatic heterocycles. The van der Waals surface area contributed by atoms with Crippen LogP contribution in [-0.2, 0) is 11.3 Å². The summed E-state index contributed by atoms with van der Waals surface area (Å²) < 4.78 is 1.54. The minimum atomic E-state index is -0.0403. The lowest BCUT2D eigenvalue weighted by Crippen LogP contribution is -2.32. The van der Waals surface area contributed by atoms with Gasteiger partial charge in [-0.15, -0.1) is 0 Å². The average molecular weight is 277 g/mol. The minimum Gasteiger partial charge on any atom is -0.354 e. The van der Waals surface area contributed by atoms with Crippen molar-refractivity contribution in [3.8, 4) is 0 Å². The number of nitrogens with one attached hydrogen (secondary N) is 1. The van der Waals surface area contributed by atoms with Gasteiger partial charge in [-0.2, -0.15) is 0 Å². The molecule has 0 saturated heterocycles. The Morgan fingerprint density at radius 1 is 1.40 bits per heavy atom. The quantitative estimate of drug-likeness (QED) is 0.890. The Labute approximate surface area is 119 Å². The highest BCUT2D eigenvalue weighted by Gasteiger charge is 2.16. The number of rotatable bonds is 5. The second-order valence-corrected chi connectivity index (χ2v) is 5.63. The molecule has 20 heavy (non-hydrogen) atoms. The predicted octanol–water partition coefficient (Wildman–Crippen LogP) is 1.64. The van der Waals surface area contributed by atoms with E-state index in [4.69, 9.17) is 0 Å². The largest absolute Gasteiger partial charge is 0.354 e. The third-order valence-electron chi connectivity index (χ3n) is 3.95. The molecule has 0 spiro atoms. The second kappa shape index (κ2) is 7.22. The van der Waals surface area contributed by atoms with Gasteiger partial charge in [-0.05, 0) is 25.7 Å². The molecule has 1 heterocycles. The first-order valence-corrected chi connectivity index (χ1v) is 7.44. The van der Waals surface area contributed by atoms with Crippen LogP contribution in [0.4, 0.5) is 0 Å². The predicted molar refractivity (Wildman–Crippen MR) is 77.4 cm³/mol. The fourth-order valence-corrected chi connectivity index (χ4v) is 2.76. The van der Waals surface area contributed by atoms with Gasteiger partial charge in [-0.25, -0.2) is 4.98 Å². The Hall–Kier alpha value is -1.65. The van der Waals surface area contributed by atoms with E-state index >= 15 is 0 Å². The van der Waals surface area contributed by atoms with Crippen LogP contribution in [0, 0.1) is 12.8 Å². The SMILES string of the molecule is Cc1cncn(CCNC(=O)CC2CCCCC2)c1=O. The first-order valence-electron chi connectivity index (χ1n) is 7.44. The van der Waals surface area contributed by atoms with Gasteiger partial charge in [0.1, 0.15) is 0 Å². The Morgan fingerprint density at radius 2 is 2.15 bits per heavy atom. The summed E-state index contributed by atoms with van der Waals surface area (Å²) in [6.07, 6.45) is 9.86. The molecule has 1 N–H and O–H groups in total. The average Bonchev–Trinajstić information content (AvgIpc) is 2.44. The van der Waals surface area contributed by atoms with Crippen molar-refractivity contribution in [2.24, 2.45) is 5.92 Å². The van der Waals surface area contributed by atoms with Crippen molar-refractivity contribution in [2.45, 2.75) is 52.0 Å². The third kappa shape index (κ3) is 4.18. The summed E-state index contributed by atoms with van der Waals surface area (Å²) in [4.78, 5) is 27.6. The monoisotopic (exact) mass is 277 g/mol. The molecule has 1 saturated carbocycles. The van der Waals surface area contributed by atoms with E-state index in [0.717, 1.165) is 0 Å². The number of nitrogens with zero attached hydrogens (tertiary/aromatic N) is 2. The van der Waals surface area contributed by atoms with E-state index in [9.17, 15) is 9.59 Å². The standard InChI is InChI=1S/C15H23N3O2/c1-12-10-16-11-18(15(12)20)8-7-17-14(19)9-13-5-3-2-4-6-13/h10-11,13H,2-9H2,1H3,(H,17,19). The van der Waals surface area contributed by atoms with Crippen LogP contribution in [0.2, 0.25) is 0 Å². The Bertz CT molecular complexity index is 504. The smallest absolute Gasteiger partial charge is 0.256 e. The van der Waals surface area contributed by atoms with Crippen molar-refractivity contribution in [1.82, 2.24) is 14.9 Å². The van der Waals surface area contributed by atoms with E-state index in [-0.39, 0.29) is 11.5 Å². The van der Waals surface area contributed by atoms with Crippen LogP contribution in [0.25, 0.3) is 0 Å². The summed E-state index contributed by atoms with van der Waals surface area (Å²) in [6, 6.07) is 0. The van der Waals surface area contributed by atoms with Crippen LogP contribution in [-0.4, -0.2) is 22.0 Å². The van der Waals surface area contributed by atoms with Crippen LogP contribution >= 0.6 is 0 Å². The summed E-state index contributed by atoms with van der Waals surface area (Å²) in [5.41, 5.74) is 0.586. The summed E-state index contributed by atoms with van der Waals surface area (Å²) >= 11 is 0. The lowest BCUT2D eigenvalue weighted by Gasteiger charge is -2.20. The first-order chi connectivity index (χ1) is 9.66. The van der Waals surface area contributed by atoms with Gasteiger partial charge in [0.05, 0.1) is 6.33 Å². The Balaban J connectivity index is 1.73. The number of carbonyl (C=O) groups is 1. The summed E-state index contributed by atoms with van der Waals surface area (Å²) in [5, 5.41) is 2.90. The van der Waals surface area contributed by atoms with E-state index in [1.807, 2.05) is 0 Å². The molecule has 0 atom stereocenters. The summed E-state index contributed by atoms with van der Waals surface area (Å²) in [6.45, 7) is 2.70. The van der Waals surface area contributed by atoms with E-state index in [0.29, 0.717) is 31.0 Å². The van der Waals surface area contributed by atoms with Gasteiger partial charge in [-0.3, -0.25) is 14.2 Å². The van der Waals surface area contributed by atoms with Crippen molar-refractivity contribution in [1.29, 1.82) is 0 Å². The van der Waals surface area contributed by atoms with Crippen LogP contribution in [0.5, 0.6) is 0 Å². The molecule has 1 amide bonds. The lowest BCUT2D eigenvalue weighted by atomic mass is 9.87. The van der Waals surface area contributed by atoms with E-state index in [2.05, 4.69) is 10.3 Å². The van der Waals surface area contributed by atoms with Crippen molar-refractivity contribution < 1.29 is 4.79 Å². The molecule has 1 fully saturated rings. The lowest BCUT2D eigenvalue weighted by molar-refractivity contribution is -0.122. The molecule has 5 nitrogen and oxygen atoms in total. The first kappa shape index (κ1) is 14.8. The molecule has 110 valence electrons. The van der Waals surface area contributed by atoms with Crippen LogP contribution in [0.1, 0.15) is 44.1 Å². The van der Waals surface area contributed by atoms with Gasteiger partial charge in [0.25, 0.3) is 5.56 Å². The topological polar surface area (TPSA) is 64.0 Å². The van der Waals surface area contributed by atoms with Crippen molar-refractivity contribution in [2.75, 3.05) is 6.54 Å². The van der Waals surface area contributed by atoms with Gasteiger partial charge in [-0.1, -0.05) is 19.3 Å². The van der Waals surface area contributed by atoms with Crippen LogP contribution < -0.4 is 10.9 Å². The number of hydrogen-bond donors (Lipinski definition) is 1. The van der Waals surface area contributed by atoms with Gasteiger partial charge >= 0.3 is 0 Å². The zero-order valence-electron chi connectivity index (χ0n) is 12.1. The zero-order chi connectivity index (χ0) is 14.4. The molecule has 0 radical (unpaired) electrons. The molecular formula is C15H23N3O2. The molecular weight excluding hydrogens is 254 g/mol. The van der Waals surface area contributed by atoms with Crippen molar-refractivity contribution in [3.05, 3.63) is 28.4 Å². The third-order valence-corrected chi connectivity index (χ3v) is 3.95. The van der Waals surface area contributed by atoms with Gasteiger partial charge in [0.15, 0.2) is 0 Å². The fraction of sp³-hybridized carbons (Fsp3) is 0.667. The highest BCUT2D eigenvalue weighted by molar-refractivity contribution is 5.76. The Kier molecular flexibility index (Phi) is 5.32. The number of aryl methyl sites for hydroxylation is 1. The minimum absolute atomic E-state index is 0.0403. The van der Waals surface area contributed by atoms with Crippen molar-refractivity contribution >= 4 is 5.91 Å². The Morgan fingerprint density at radius 3 is 2.90 bits per heavy atom. The number of aromatic nitrogens is 2. The van der Waals surface area contributed by atoms with E-state index in [1.165, 1.54) is 43.0 Å². The molecule has 1 aliphatic carbocycles. The van der Waals surface area contributed by atoms with Gasteiger partial charge in [0, 0.05) is 31.3 Å². The van der Waals surface area contributed by atoms with Gasteiger partial charge in [0.2, 0.25) is 5.91 Å². The summed E-state index contributed by atoms with van der Waals surface area (Å²) in [5.74, 6) is 0.651. The molecule has 0 bridgehead atoms. The molecule has 0 aliphatic heterocycles. The summed E-state index contributed by atoms with van der Waals surface area (Å²) in [7, 11) is 0. The fourth-order valence-electron chi connectivity index (χ4n) is 2.76. The second-order valence-electron chi connectivity index (χ2n) is 5.63. The molecule has 0 unspecified atom stereocenters. The maximum absolute atomic E-state index is 11.8. The molecule has 1 aliphatic rings. The zero-order valence-corrected chi connectivity index (χ0v) is 12.1. The molecule has 0 aromatic carbocycles. The van der Waals surface area contributed by atoms with E-state index in [1.54, 1.807) is 13.1 Å². The van der Waals surface area contributed by atoms with Crippen molar-refractivity contribution in [3.63, 3.8) is 0 Å². The molecule has 5 heteroatoms. The molecule has 1 aromatic rings.